The molecule has 0 saturated heterocycles. The molecule has 21 heavy (non-hydrogen) atoms. The standard InChI is InChI=1S/C16H25NO3S/c1-14-13-15(9-10-16(14)17(18)19)20-11-7-5-3-2-4-6-8-12-21/h9-10,13,21H,2-8,11-12H2,1H3. The van der Waals surface area contributed by atoms with Crippen molar-refractivity contribution >= 4 is 18.3 Å². The van der Waals surface area contributed by atoms with Gasteiger partial charge in [0.1, 0.15) is 5.75 Å². The van der Waals surface area contributed by atoms with Crippen molar-refractivity contribution in [3.63, 3.8) is 0 Å². The van der Waals surface area contributed by atoms with Crippen molar-refractivity contribution in [2.24, 2.45) is 0 Å². The van der Waals surface area contributed by atoms with Crippen LogP contribution in [0.3, 0.4) is 0 Å². The molecule has 5 heteroatoms. The van der Waals surface area contributed by atoms with Gasteiger partial charge in [0, 0.05) is 11.6 Å². The predicted octanol–water partition coefficient (Wildman–Crippen LogP) is 4.94. The summed E-state index contributed by atoms with van der Waals surface area (Å²) in [5.74, 6) is 1.70. The van der Waals surface area contributed by atoms with Crippen LogP contribution in [0.15, 0.2) is 18.2 Å². The number of benzene rings is 1. The van der Waals surface area contributed by atoms with Crippen molar-refractivity contribution in [1.29, 1.82) is 0 Å². The van der Waals surface area contributed by atoms with Gasteiger partial charge >= 0.3 is 0 Å². The summed E-state index contributed by atoms with van der Waals surface area (Å²) in [5.41, 5.74) is 0.783. The molecule has 4 nitrogen and oxygen atoms in total. The highest BCUT2D eigenvalue weighted by Crippen LogP contribution is 2.23. The molecular formula is C16H25NO3S. The number of nitrogens with zero attached hydrogens (tertiary/aromatic N) is 1. The Bertz CT molecular complexity index is 438. The molecule has 0 N–H and O–H groups in total. The van der Waals surface area contributed by atoms with Crippen molar-refractivity contribution in [3.8, 4) is 5.75 Å². The first-order chi connectivity index (χ1) is 10.1. The largest absolute Gasteiger partial charge is 0.494 e. The predicted molar refractivity (Wildman–Crippen MR) is 89.5 cm³/mol. The lowest BCUT2D eigenvalue weighted by molar-refractivity contribution is -0.385. The van der Waals surface area contributed by atoms with E-state index in [-0.39, 0.29) is 10.6 Å². The molecule has 0 radical (unpaired) electrons. The number of hydrogen-bond acceptors (Lipinski definition) is 4. The van der Waals surface area contributed by atoms with Crippen LogP contribution in [0.1, 0.15) is 50.5 Å². The second-order valence-corrected chi connectivity index (χ2v) is 5.70. The third kappa shape index (κ3) is 7.37. The lowest BCUT2D eigenvalue weighted by Crippen LogP contribution is -1.98. The molecule has 0 fully saturated rings. The maximum Gasteiger partial charge on any atom is 0.272 e. The van der Waals surface area contributed by atoms with Crippen molar-refractivity contribution in [1.82, 2.24) is 0 Å². The molecule has 0 unspecified atom stereocenters. The van der Waals surface area contributed by atoms with Crippen LogP contribution in [0, 0.1) is 17.0 Å². The SMILES string of the molecule is Cc1cc(OCCCCCCCCCS)ccc1[N+](=O)[O-]. The molecule has 0 aromatic heterocycles. The average molecular weight is 311 g/mol. The first kappa shape index (κ1) is 17.8. The second kappa shape index (κ2) is 10.5. The van der Waals surface area contributed by atoms with Crippen molar-refractivity contribution in [3.05, 3.63) is 33.9 Å². The summed E-state index contributed by atoms with van der Waals surface area (Å²) in [5, 5.41) is 10.7. The molecular weight excluding hydrogens is 286 g/mol. The Kier molecular flexibility index (Phi) is 8.90. The molecule has 0 saturated carbocycles. The van der Waals surface area contributed by atoms with E-state index >= 15 is 0 Å². The number of aryl methyl sites for hydroxylation is 1. The first-order valence-electron chi connectivity index (χ1n) is 7.64. The van der Waals surface area contributed by atoms with Gasteiger partial charge in [0.15, 0.2) is 0 Å². The van der Waals surface area contributed by atoms with Gasteiger partial charge in [-0.3, -0.25) is 10.1 Å². The van der Waals surface area contributed by atoms with Crippen LogP contribution >= 0.6 is 12.6 Å². The number of nitro groups is 1. The molecule has 0 amide bonds. The molecule has 0 aliphatic rings. The molecule has 1 aromatic rings. The van der Waals surface area contributed by atoms with Gasteiger partial charge in [0.25, 0.3) is 5.69 Å². The molecule has 0 atom stereocenters. The minimum atomic E-state index is -0.368. The lowest BCUT2D eigenvalue weighted by atomic mass is 10.1. The van der Waals surface area contributed by atoms with Gasteiger partial charge in [-0.2, -0.15) is 12.6 Å². The van der Waals surface area contributed by atoms with Crippen molar-refractivity contribution in [2.75, 3.05) is 12.4 Å². The van der Waals surface area contributed by atoms with Gasteiger partial charge in [-0.25, -0.2) is 0 Å². The molecule has 1 aromatic carbocycles. The molecule has 0 aliphatic carbocycles. The van der Waals surface area contributed by atoms with Crippen LogP contribution in [0.2, 0.25) is 0 Å². The first-order valence-corrected chi connectivity index (χ1v) is 8.27. The highest BCUT2D eigenvalue weighted by Gasteiger charge is 2.10. The maximum atomic E-state index is 10.7. The molecule has 0 bridgehead atoms. The van der Waals surface area contributed by atoms with Gasteiger partial charge in [-0.05, 0) is 37.7 Å². The van der Waals surface area contributed by atoms with Gasteiger partial charge in [0.2, 0.25) is 0 Å². The zero-order chi connectivity index (χ0) is 15.5. The minimum Gasteiger partial charge on any atom is -0.494 e. The lowest BCUT2D eigenvalue weighted by Gasteiger charge is -2.07. The number of hydrogen-bond donors (Lipinski definition) is 1. The smallest absolute Gasteiger partial charge is 0.272 e. The topological polar surface area (TPSA) is 52.4 Å². The van der Waals surface area contributed by atoms with Gasteiger partial charge < -0.3 is 4.74 Å². The quantitative estimate of drug-likeness (QED) is 0.272. The fourth-order valence-corrected chi connectivity index (χ4v) is 2.43. The van der Waals surface area contributed by atoms with E-state index < -0.39 is 0 Å². The molecule has 0 aliphatic heterocycles. The van der Waals surface area contributed by atoms with E-state index in [1.165, 1.54) is 44.6 Å². The Balaban J connectivity index is 2.13. The van der Waals surface area contributed by atoms with E-state index in [4.69, 9.17) is 4.74 Å². The van der Waals surface area contributed by atoms with E-state index in [0.29, 0.717) is 17.9 Å². The highest BCUT2D eigenvalue weighted by molar-refractivity contribution is 7.80. The molecule has 0 spiro atoms. The van der Waals surface area contributed by atoms with E-state index in [2.05, 4.69) is 12.6 Å². The van der Waals surface area contributed by atoms with E-state index in [9.17, 15) is 10.1 Å². The van der Waals surface area contributed by atoms with Crippen LogP contribution in [-0.4, -0.2) is 17.3 Å². The fourth-order valence-electron chi connectivity index (χ4n) is 2.21. The highest BCUT2D eigenvalue weighted by atomic mass is 32.1. The molecule has 118 valence electrons. The van der Waals surface area contributed by atoms with Gasteiger partial charge in [-0.1, -0.05) is 32.1 Å². The summed E-state index contributed by atoms with van der Waals surface area (Å²) < 4.78 is 5.63. The van der Waals surface area contributed by atoms with Crippen LogP contribution in [0.4, 0.5) is 5.69 Å². The Morgan fingerprint density at radius 3 is 2.29 bits per heavy atom. The second-order valence-electron chi connectivity index (χ2n) is 5.25. The summed E-state index contributed by atoms with van der Waals surface area (Å²) >= 11 is 4.20. The normalized spacial score (nSPS) is 10.6. The molecule has 1 rings (SSSR count). The number of unbranched alkanes of at least 4 members (excludes halogenated alkanes) is 6. The third-order valence-corrected chi connectivity index (χ3v) is 3.75. The molecule has 0 heterocycles. The third-order valence-electron chi connectivity index (χ3n) is 3.44. The summed E-state index contributed by atoms with van der Waals surface area (Å²) in [6, 6.07) is 4.91. The summed E-state index contributed by atoms with van der Waals surface area (Å²) in [4.78, 5) is 10.4. The van der Waals surface area contributed by atoms with Gasteiger partial charge in [0.05, 0.1) is 11.5 Å². The van der Waals surface area contributed by atoms with Crippen LogP contribution in [-0.2, 0) is 0 Å². The number of nitro benzene ring substituents is 1. The summed E-state index contributed by atoms with van der Waals surface area (Å²) in [6.07, 6.45) is 8.52. The van der Waals surface area contributed by atoms with Gasteiger partial charge in [-0.15, -0.1) is 0 Å². The Labute approximate surface area is 132 Å². The van der Waals surface area contributed by atoms with E-state index in [0.717, 1.165) is 12.2 Å². The number of thiol groups is 1. The average Bonchev–Trinajstić information content (AvgIpc) is 2.45. The Morgan fingerprint density at radius 2 is 1.71 bits per heavy atom. The number of rotatable bonds is 11. The number of ether oxygens (including phenoxy) is 1. The minimum absolute atomic E-state index is 0.142. The van der Waals surface area contributed by atoms with Crippen molar-refractivity contribution < 1.29 is 9.66 Å². The van der Waals surface area contributed by atoms with E-state index in [1.54, 1.807) is 19.1 Å². The summed E-state index contributed by atoms with van der Waals surface area (Å²) in [6.45, 7) is 2.41. The Hall–Kier alpha value is -1.23. The Morgan fingerprint density at radius 1 is 1.10 bits per heavy atom. The zero-order valence-corrected chi connectivity index (χ0v) is 13.6. The monoisotopic (exact) mass is 311 g/mol. The maximum absolute atomic E-state index is 10.7. The summed E-state index contributed by atoms with van der Waals surface area (Å²) in [7, 11) is 0. The van der Waals surface area contributed by atoms with Crippen LogP contribution < -0.4 is 4.74 Å². The zero-order valence-electron chi connectivity index (χ0n) is 12.7. The van der Waals surface area contributed by atoms with Crippen LogP contribution in [0.5, 0.6) is 5.75 Å². The fraction of sp³-hybridized carbons (Fsp3) is 0.625. The van der Waals surface area contributed by atoms with Crippen LogP contribution in [0.25, 0.3) is 0 Å². The van der Waals surface area contributed by atoms with E-state index in [1.807, 2.05) is 0 Å². The van der Waals surface area contributed by atoms with Crippen molar-refractivity contribution in [2.45, 2.75) is 51.9 Å².